The summed E-state index contributed by atoms with van der Waals surface area (Å²) in [7, 11) is 0. The smallest absolute Gasteiger partial charge is 0.262 e. The summed E-state index contributed by atoms with van der Waals surface area (Å²) in [6.07, 6.45) is 4.44. The van der Waals surface area contributed by atoms with Crippen LogP contribution in [0.4, 0.5) is 5.95 Å². The van der Waals surface area contributed by atoms with Gasteiger partial charge < -0.3 is 0 Å². The van der Waals surface area contributed by atoms with E-state index in [1.807, 2.05) is 25.1 Å². The second-order valence-electron chi connectivity index (χ2n) is 8.17. The summed E-state index contributed by atoms with van der Waals surface area (Å²) in [5, 5.41) is 0.590. The number of nitrogens with one attached hydrogen (secondary N) is 2. The number of hydrogen-bond acceptors (Lipinski definition) is 6. The third-order valence-electron chi connectivity index (χ3n) is 6.72. The van der Waals surface area contributed by atoms with Crippen LogP contribution in [0.1, 0.15) is 32.6 Å². The first-order valence-electron chi connectivity index (χ1n) is 10.5. The molecule has 6 nitrogen and oxygen atoms in total. The topological polar surface area (TPSA) is 76.0 Å². The number of anilines is 1. The molecule has 154 valence electrons. The van der Waals surface area contributed by atoms with Gasteiger partial charge in [-0.15, -0.1) is 23.5 Å². The molecule has 0 radical (unpaired) electrons. The summed E-state index contributed by atoms with van der Waals surface area (Å²) in [4.78, 5) is 30.2. The Hall–Kier alpha value is -1.67. The van der Waals surface area contributed by atoms with Crippen molar-refractivity contribution in [1.82, 2.24) is 15.0 Å². The van der Waals surface area contributed by atoms with Gasteiger partial charge in [0.1, 0.15) is 0 Å². The fourth-order valence-corrected chi connectivity index (χ4v) is 9.33. The maximum absolute atomic E-state index is 12.9. The number of aromatic nitrogens is 2. The summed E-state index contributed by atoms with van der Waals surface area (Å²) in [6, 6.07) is 7.30. The number of carbonyl (C=O) groups is 1. The van der Waals surface area contributed by atoms with E-state index in [2.05, 4.69) is 39.4 Å². The number of nitrogens with zero attached hydrogens (tertiary/aromatic N) is 2. The average molecular weight is 431 g/mol. The molecule has 1 aliphatic heterocycles. The SMILES string of the molecule is CCn1c(NNC(=O)C2C[C@H]3CC[C@@H](C2)C32SCCS2)nc2ccccc2c1=O. The number of rotatable bonds is 4. The molecule has 2 aliphatic carbocycles. The quantitative estimate of drug-likeness (QED) is 0.724. The van der Waals surface area contributed by atoms with Crippen molar-refractivity contribution in [2.75, 3.05) is 16.9 Å². The Kier molecular flexibility index (Phi) is 5.02. The van der Waals surface area contributed by atoms with Crippen LogP contribution >= 0.6 is 23.5 Å². The normalized spacial score (nSPS) is 27.4. The van der Waals surface area contributed by atoms with Crippen LogP contribution in [0, 0.1) is 17.8 Å². The van der Waals surface area contributed by atoms with Gasteiger partial charge >= 0.3 is 0 Å². The fraction of sp³-hybridized carbons (Fsp3) is 0.571. The summed E-state index contributed by atoms with van der Waals surface area (Å²) in [5.74, 6) is 4.23. The highest BCUT2D eigenvalue weighted by Crippen LogP contribution is 2.65. The Morgan fingerprint density at radius 1 is 1.21 bits per heavy atom. The molecule has 3 aliphatic rings. The Labute approximate surface area is 178 Å². The van der Waals surface area contributed by atoms with Gasteiger partial charge in [-0.3, -0.25) is 25.0 Å². The van der Waals surface area contributed by atoms with Crippen molar-refractivity contribution >= 4 is 46.3 Å². The van der Waals surface area contributed by atoms with E-state index >= 15 is 0 Å². The van der Waals surface area contributed by atoms with E-state index in [1.165, 1.54) is 24.3 Å². The Morgan fingerprint density at radius 3 is 2.59 bits per heavy atom. The molecule has 3 atom stereocenters. The Bertz CT molecular complexity index is 986. The second-order valence-corrected chi connectivity index (χ2v) is 11.2. The van der Waals surface area contributed by atoms with E-state index in [-0.39, 0.29) is 17.4 Å². The van der Waals surface area contributed by atoms with Gasteiger partial charge in [0, 0.05) is 24.0 Å². The third kappa shape index (κ3) is 3.15. The number of thioether (sulfide) groups is 2. The molecule has 2 N–H and O–H groups in total. The molecule has 3 fully saturated rings. The largest absolute Gasteiger partial charge is 0.277 e. The van der Waals surface area contributed by atoms with Crippen LogP contribution in [0.5, 0.6) is 0 Å². The van der Waals surface area contributed by atoms with Crippen LogP contribution in [0.15, 0.2) is 29.1 Å². The highest BCUT2D eigenvalue weighted by atomic mass is 32.2. The predicted molar refractivity (Wildman–Crippen MR) is 120 cm³/mol. The summed E-state index contributed by atoms with van der Waals surface area (Å²) >= 11 is 4.29. The molecular weight excluding hydrogens is 404 g/mol. The molecule has 1 unspecified atom stereocenters. The predicted octanol–water partition coefficient (Wildman–Crippen LogP) is 3.47. The minimum atomic E-state index is -0.0946. The van der Waals surface area contributed by atoms with Crippen molar-refractivity contribution in [3.05, 3.63) is 34.6 Å². The molecule has 2 saturated carbocycles. The van der Waals surface area contributed by atoms with Crippen LogP contribution in [0.25, 0.3) is 10.9 Å². The molecule has 8 heteroatoms. The fourth-order valence-electron chi connectivity index (χ4n) is 5.39. The lowest BCUT2D eigenvalue weighted by atomic mass is 9.79. The number of carbonyl (C=O) groups excluding carboxylic acids is 1. The van der Waals surface area contributed by atoms with Gasteiger partial charge in [0.05, 0.1) is 15.0 Å². The van der Waals surface area contributed by atoms with Crippen molar-refractivity contribution in [1.29, 1.82) is 0 Å². The first kappa shape index (κ1) is 19.3. The molecule has 5 rings (SSSR count). The van der Waals surface area contributed by atoms with Crippen molar-refractivity contribution in [3.63, 3.8) is 0 Å². The van der Waals surface area contributed by atoms with E-state index in [0.717, 1.165) is 12.8 Å². The monoisotopic (exact) mass is 430 g/mol. The van der Waals surface area contributed by atoms with E-state index < -0.39 is 0 Å². The van der Waals surface area contributed by atoms with Crippen LogP contribution in [0.3, 0.4) is 0 Å². The molecule has 1 spiro atoms. The number of para-hydroxylation sites is 1. The zero-order valence-corrected chi connectivity index (χ0v) is 18.2. The maximum atomic E-state index is 12.9. The molecule has 29 heavy (non-hydrogen) atoms. The molecule has 1 saturated heterocycles. The lowest BCUT2D eigenvalue weighted by molar-refractivity contribution is -0.126. The minimum absolute atomic E-state index is 0.0230. The standard InChI is InChI=1S/C21H26N4O2S2/c1-2-25-19(27)16-5-3-4-6-17(16)22-20(25)24-23-18(26)13-11-14-7-8-15(12-13)21(14)28-9-10-29-21/h3-6,13-15H,2,7-12H2,1H3,(H,22,24)(H,23,26)/t13?,14-,15+. The Balaban J connectivity index is 1.31. The van der Waals surface area contributed by atoms with Crippen LogP contribution in [0.2, 0.25) is 0 Å². The molecule has 1 aromatic carbocycles. The summed E-state index contributed by atoms with van der Waals surface area (Å²) in [5.41, 5.74) is 6.34. The summed E-state index contributed by atoms with van der Waals surface area (Å²) in [6.45, 7) is 2.39. The van der Waals surface area contributed by atoms with Crippen molar-refractivity contribution in [2.45, 2.75) is 43.2 Å². The van der Waals surface area contributed by atoms with Gasteiger partial charge in [0.15, 0.2) is 0 Å². The number of amides is 1. The molecule has 2 bridgehead atoms. The lowest BCUT2D eigenvalue weighted by Gasteiger charge is -2.42. The minimum Gasteiger partial charge on any atom is -0.277 e. The van der Waals surface area contributed by atoms with Crippen molar-refractivity contribution < 1.29 is 4.79 Å². The van der Waals surface area contributed by atoms with Gasteiger partial charge in [-0.2, -0.15) is 0 Å². The van der Waals surface area contributed by atoms with E-state index in [1.54, 1.807) is 10.6 Å². The summed E-state index contributed by atoms with van der Waals surface area (Å²) < 4.78 is 1.95. The van der Waals surface area contributed by atoms with Crippen molar-refractivity contribution in [2.24, 2.45) is 17.8 Å². The lowest BCUT2D eigenvalue weighted by Crippen LogP contribution is -2.44. The first-order valence-corrected chi connectivity index (χ1v) is 12.4. The maximum Gasteiger partial charge on any atom is 0.262 e. The van der Waals surface area contributed by atoms with E-state index in [4.69, 9.17) is 0 Å². The van der Waals surface area contributed by atoms with Gasteiger partial charge in [0.2, 0.25) is 11.9 Å². The second kappa shape index (κ2) is 7.54. The number of hydrogen-bond donors (Lipinski definition) is 2. The molecule has 2 heterocycles. The number of benzene rings is 1. The zero-order valence-electron chi connectivity index (χ0n) is 16.5. The Morgan fingerprint density at radius 2 is 1.90 bits per heavy atom. The van der Waals surface area contributed by atoms with Crippen molar-refractivity contribution in [3.8, 4) is 0 Å². The number of fused-ring (bicyclic) bond motifs is 1. The van der Waals surface area contributed by atoms with E-state index in [9.17, 15) is 9.59 Å². The van der Waals surface area contributed by atoms with Crippen LogP contribution in [-0.4, -0.2) is 31.0 Å². The highest BCUT2D eigenvalue weighted by Gasteiger charge is 2.57. The molecule has 1 aromatic heterocycles. The zero-order chi connectivity index (χ0) is 20.0. The average Bonchev–Trinajstić information content (AvgIpc) is 3.27. The van der Waals surface area contributed by atoms with Gasteiger partial charge in [-0.25, -0.2) is 4.98 Å². The van der Waals surface area contributed by atoms with E-state index in [0.29, 0.717) is 39.3 Å². The number of hydrazine groups is 1. The van der Waals surface area contributed by atoms with Gasteiger partial charge in [-0.1, -0.05) is 12.1 Å². The molecule has 2 aromatic rings. The third-order valence-corrected chi connectivity index (χ3v) is 10.7. The first-order chi connectivity index (χ1) is 14.1. The van der Waals surface area contributed by atoms with Gasteiger partial charge in [0.25, 0.3) is 5.56 Å². The van der Waals surface area contributed by atoms with Crippen LogP contribution < -0.4 is 16.4 Å². The van der Waals surface area contributed by atoms with Crippen LogP contribution in [-0.2, 0) is 11.3 Å². The highest BCUT2D eigenvalue weighted by molar-refractivity contribution is 8.21. The molecular formula is C21H26N4O2S2. The van der Waals surface area contributed by atoms with Gasteiger partial charge in [-0.05, 0) is 56.6 Å². The molecule has 1 amide bonds.